The molecule has 0 saturated carbocycles. The lowest BCUT2D eigenvalue weighted by Crippen LogP contribution is -2.50. The van der Waals surface area contributed by atoms with Gasteiger partial charge < -0.3 is 19.7 Å². The van der Waals surface area contributed by atoms with E-state index >= 15 is 0 Å². The number of halogens is 1. The van der Waals surface area contributed by atoms with E-state index in [1.165, 1.54) is 7.11 Å². The number of methoxy groups -OCH3 is 1. The Bertz CT molecular complexity index is 1350. The molecule has 2 heterocycles. The van der Waals surface area contributed by atoms with Crippen LogP contribution in [-0.2, 0) is 14.3 Å². The van der Waals surface area contributed by atoms with Crippen LogP contribution in [0.5, 0.6) is 0 Å². The Morgan fingerprint density at radius 2 is 1.91 bits per heavy atom. The molecule has 0 spiro atoms. The molecule has 2 aromatic rings. The lowest BCUT2D eigenvalue weighted by Gasteiger charge is -2.39. The Hall–Kier alpha value is -3.53. The molecule has 1 aliphatic heterocycles. The lowest BCUT2D eigenvalue weighted by molar-refractivity contribution is -0.124. The maximum absolute atomic E-state index is 12.8. The van der Waals surface area contributed by atoms with Crippen LogP contribution >= 0.6 is 11.6 Å². The number of fused-ring (bicyclic) bond motifs is 2. The molecule has 10 heteroatoms. The second-order valence-corrected chi connectivity index (χ2v) is 10.8. The van der Waals surface area contributed by atoms with Gasteiger partial charge in [0.2, 0.25) is 5.91 Å². The van der Waals surface area contributed by atoms with Gasteiger partial charge in [0.25, 0.3) is 0 Å². The zero-order valence-corrected chi connectivity index (χ0v) is 27.0. The summed E-state index contributed by atoms with van der Waals surface area (Å²) in [6, 6.07) is 9.14. The van der Waals surface area contributed by atoms with E-state index in [9.17, 15) is 9.59 Å². The predicted octanol–water partition coefficient (Wildman–Crippen LogP) is 5.99. The van der Waals surface area contributed by atoms with Crippen LogP contribution in [0.25, 0.3) is 11.6 Å². The van der Waals surface area contributed by atoms with Crippen molar-refractivity contribution in [2.45, 2.75) is 59.7 Å². The summed E-state index contributed by atoms with van der Waals surface area (Å²) < 4.78 is 10.5. The van der Waals surface area contributed by atoms with Crippen LogP contribution in [0, 0.1) is 0 Å². The number of hydrogen-bond donors (Lipinski definition) is 1. The van der Waals surface area contributed by atoms with Gasteiger partial charge in [0.1, 0.15) is 6.61 Å². The molecule has 0 radical (unpaired) electrons. The van der Waals surface area contributed by atoms with E-state index in [-0.39, 0.29) is 30.8 Å². The van der Waals surface area contributed by atoms with E-state index in [0.29, 0.717) is 31.2 Å². The molecule has 0 bridgehead atoms. The van der Waals surface area contributed by atoms with E-state index < -0.39 is 6.04 Å². The number of nitrogens with zero attached hydrogens (tertiary/aromatic N) is 4. The first-order chi connectivity index (χ1) is 20.7. The van der Waals surface area contributed by atoms with Crippen LogP contribution < -0.4 is 5.32 Å². The van der Waals surface area contributed by atoms with Gasteiger partial charge in [-0.25, -0.2) is 4.79 Å². The van der Waals surface area contributed by atoms with E-state index in [0.717, 1.165) is 33.5 Å². The lowest BCUT2D eigenvalue weighted by atomic mass is 9.88. The minimum atomic E-state index is -0.493. The number of nitrogens with one attached hydrogen (secondary N) is 1. The number of rotatable bonds is 8. The first kappa shape index (κ1) is 34.0. The molecule has 43 heavy (non-hydrogen) atoms. The predicted molar refractivity (Wildman–Crippen MR) is 173 cm³/mol. The summed E-state index contributed by atoms with van der Waals surface area (Å²) >= 11 is 6.60. The highest BCUT2D eigenvalue weighted by Gasteiger charge is 2.35. The molecular weight excluding hydrogens is 566 g/mol. The van der Waals surface area contributed by atoms with Gasteiger partial charge in [0, 0.05) is 56.9 Å². The molecule has 9 nitrogen and oxygen atoms in total. The zero-order valence-electron chi connectivity index (χ0n) is 26.3. The average Bonchev–Trinajstić information content (AvgIpc) is 3.14. The Morgan fingerprint density at radius 1 is 1.19 bits per heavy atom. The summed E-state index contributed by atoms with van der Waals surface area (Å²) in [4.78, 5) is 38.7. The van der Waals surface area contributed by atoms with Crippen molar-refractivity contribution in [1.82, 2.24) is 20.1 Å². The van der Waals surface area contributed by atoms with Gasteiger partial charge in [-0.2, -0.15) is 0 Å². The minimum absolute atomic E-state index is 0.0687. The van der Waals surface area contributed by atoms with Crippen LogP contribution in [0.1, 0.15) is 70.0 Å². The second-order valence-electron chi connectivity index (χ2n) is 10.4. The fraction of sp³-hybridized carbons (Fsp3) is 0.455. The van der Waals surface area contributed by atoms with Crippen LogP contribution in [0.4, 0.5) is 4.79 Å². The fourth-order valence-electron chi connectivity index (χ4n) is 5.27. The number of ether oxygens (including phenoxy) is 2. The van der Waals surface area contributed by atoms with E-state index in [1.807, 2.05) is 71.9 Å². The molecule has 4 rings (SSSR count). The summed E-state index contributed by atoms with van der Waals surface area (Å²) in [6.45, 7) is 13.8. The topological polar surface area (TPSA) is 96.4 Å². The standard InChI is InChI=1S/C31H38ClN5O4.C2H6/c1-6-33-18-21(4)28(35-27(38)19-40-5)26-16-22-8-7-11-34-29(22)30(24-10-9-23(32)17-25(24)26)36-12-14-37(15-13-36)31(39)41-20(2)3;1-2/h6-11,16-18,20,28,30H,12-15,19H2,1-5H3,(H,35,38);1-2H3/b21-18+,33-6?;/t28?,30-;/m0./s1. The summed E-state index contributed by atoms with van der Waals surface area (Å²) in [5, 5.41) is 3.72. The molecule has 2 atom stereocenters. The van der Waals surface area contributed by atoms with Gasteiger partial charge in [-0.05, 0) is 79.8 Å². The third-order valence-corrected chi connectivity index (χ3v) is 7.35. The Labute approximate surface area is 260 Å². The van der Waals surface area contributed by atoms with E-state index in [4.69, 9.17) is 26.1 Å². The highest BCUT2D eigenvalue weighted by Crippen LogP contribution is 2.42. The molecule has 1 fully saturated rings. The maximum Gasteiger partial charge on any atom is 0.410 e. The van der Waals surface area contributed by atoms with Crippen molar-refractivity contribution in [1.29, 1.82) is 0 Å². The molecule has 1 aromatic carbocycles. The first-order valence-electron chi connectivity index (χ1n) is 14.8. The maximum atomic E-state index is 12.8. The molecular formula is C33H44ClN5O4. The monoisotopic (exact) mass is 609 g/mol. The largest absolute Gasteiger partial charge is 0.447 e. The molecule has 1 saturated heterocycles. The number of benzene rings is 1. The summed E-state index contributed by atoms with van der Waals surface area (Å²) in [5.74, 6) is -0.244. The van der Waals surface area contributed by atoms with E-state index in [1.54, 1.807) is 23.5 Å². The molecule has 1 aliphatic carbocycles. The molecule has 1 aromatic heterocycles. The first-order valence-corrected chi connectivity index (χ1v) is 15.2. The number of aliphatic imine (C=N–C) groups is 1. The SMILES string of the molecule is CC.CC=N/C=C(\C)C(NC(=O)COC)C1=Cc2cccnc2[C@@H](N2CCN(C(=O)OC(C)C)CC2)c2ccc(Cl)cc21. The van der Waals surface area contributed by atoms with Gasteiger partial charge in [0.05, 0.1) is 23.9 Å². The smallest absolute Gasteiger partial charge is 0.410 e. The molecule has 2 amide bonds. The van der Waals surface area contributed by atoms with Gasteiger partial charge >= 0.3 is 6.09 Å². The molecule has 232 valence electrons. The molecule has 1 unspecified atom stereocenters. The van der Waals surface area contributed by atoms with Crippen molar-refractivity contribution < 1.29 is 19.1 Å². The summed E-state index contributed by atoms with van der Waals surface area (Å²) in [7, 11) is 1.49. The number of hydrogen-bond acceptors (Lipinski definition) is 7. The fourth-order valence-corrected chi connectivity index (χ4v) is 5.45. The van der Waals surface area contributed by atoms with Crippen molar-refractivity contribution in [2.75, 3.05) is 39.9 Å². The third kappa shape index (κ3) is 8.53. The van der Waals surface area contributed by atoms with Crippen LogP contribution in [0.2, 0.25) is 5.02 Å². The average molecular weight is 610 g/mol. The van der Waals surface area contributed by atoms with E-state index in [2.05, 4.69) is 21.3 Å². The van der Waals surface area contributed by atoms with Gasteiger partial charge in [-0.1, -0.05) is 37.6 Å². The quantitative estimate of drug-likeness (QED) is 0.369. The van der Waals surface area contributed by atoms with Gasteiger partial charge in [0.15, 0.2) is 0 Å². The number of carbonyl (C=O) groups excluding carboxylic acids is 2. The number of piperazine rings is 1. The molecule has 2 aliphatic rings. The van der Waals surface area contributed by atoms with Crippen LogP contribution in [0.3, 0.4) is 0 Å². The normalized spacial score (nSPS) is 17.7. The van der Waals surface area contributed by atoms with Crippen LogP contribution in [0.15, 0.2) is 53.3 Å². The van der Waals surface area contributed by atoms with Crippen molar-refractivity contribution in [2.24, 2.45) is 4.99 Å². The summed E-state index contributed by atoms with van der Waals surface area (Å²) in [5.41, 5.74) is 5.51. The number of pyridine rings is 1. The van der Waals surface area contributed by atoms with Crippen molar-refractivity contribution in [3.05, 3.63) is 75.7 Å². The molecule has 1 N–H and O–H groups in total. The van der Waals surface area contributed by atoms with Gasteiger partial charge in [-0.15, -0.1) is 0 Å². The second kappa shape index (κ2) is 16.4. The zero-order chi connectivity index (χ0) is 31.5. The Kier molecular flexibility index (Phi) is 12.9. The Balaban J connectivity index is 0.00000248. The number of aromatic nitrogens is 1. The summed E-state index contributed by atoms with van der Waals surface area (Å²) in [6.07, 6.45) is 6.88. The Morgan fingerprint density at radius 3 is 2.56 bits per heavy atom. The number of carbonyl (C=O) groups is 2. The highest BCUT2D eigenvalue weighted by atomic mass is 35.5. The number of amides is 2. The minimum Gasteiger partial charge on any atom is -0.447 e. The van der Waals surface area contributed by atoms with Crippen molar-refractivity contribution in [3.8, 4) is 0 Å². The van der Waals surface area contributed by atoms with Crippen molar-refractivity contribution >= 4 is 41.5 Å². The third-order valence-electron chi connectivity index (χ3n) is 7.11. The highest BCUT2D eigenvalue weighted by molar-refractivity contribution is 6.30. The van der Waals surface area contributed by atoms with Crippen LogP contribution in [-0.4, -0.2) is 85.0 Å². The van der Waals surface area contributed by atoms with Crippen molar-refractivity contribution in [3.63, 3.8) is 0 Å². The van der Waals surface area contributed by atoms with Gasteiger partial charge in [-0.3, -0.25) is 19.7 Å².